The molecule has 0 heterocycles. The molecule has 0 aromatic heterocycles. The molecule has 4 nitrogen and oxygen atoms in total. The van der Waals surface area contributed by atoms with E-state index in [1.54, 1.807) is 0 Å². The van der Waals surface area contributed by atoms with Gasteiger partial charge in [-0.05, 0) is 18.3 Å². The number of nitrogens with one attached hydrogen (secondary N) is 2. The molecule has 0 aromatic carbocycles. The van der Waals surface area contributed by atoms with Crippen LogP contribution in [0.2, 0.25) is 0 Å². The summed E-state index contributed by atoms with van der Waals surface area (Å²) < 4.78 is 0. The molecule has 1 rings (SSSR count). The molecular formula is C11H20N2O2. The van der Waals surface area contributed by atoms with Gasteiger partial charge in [0.1, 0.15) is 0 Å². The van der Waals surface area contributed by atoms with Gasteiger partial charge in [0.15, 0.2) is 0 Å². The van der Waals surface area contributed by atoms with Crippen LogP contribution in [-0.4, -0.2) is 24.4 Å². The lowest BCUT2D eigenvalue weighted by atomic mass is 9.92. The van der Waals surface area contributed by atoms with Crippen molar-refractivity contribution in [2.24, 2.45) is 5.41 Å². The number of carbonyl (C=O) groups excluding carboxylic acids is 2. The predicted molar refractivity (Wildman–Crippen MR) is 58.2 cm³/mol. The van der Waals surface area contributed by atoms with Crippen molar-refractivity contribution >= 4 is 11.8 Å². The summed E-state index contributed by atoms with van der Waals surface area (Å²) in [5.41, 5.74) is -0.0307. The lowest BCUT2D eigenvalue weighted by Crippen LogP contribution is -2.38. The summed E-state index contributed by atoms with van der Waals surface area (Å²) in [6.45, 7) is 6.09. The first-order valence-electron chi connectivity index (χ1n) is 5.43. The summed E-state index contributed by atoms with van der Waals surface area (Å²) in [4.78, 5) is 22.6. The standard InChI is InChI=1S/C11H20N2O2/c1-11(2,3)6-9(14)12-7-10(15)13-8-4-5-8/h8H,4-7H2,1-3H3,(H,12,14)(H,13,15). The Hall–Kier alpha value is -1.06. The molecule has 86 valence electrons. The molecule has 0 atom stereocenters. The van der Waals surface area contributed by atoms with Gasteiger partial charge in [-0.25, -0.2) is 0 Å². The second kappa shape index (κ2) is 4.64. The number of hydrogen-bond acceptors (Lipinski definition) is 2. The van der Waals surface area contributed by atoms with E-state index in [2.05, 4.69) is 10.6 Å². The van der Waals surface area contributed by atoms with Crippen LogP contribution in [0.4, 0.5) is 0 Å². The third-order valence-electron chi connectivity index (χ3n) is 2.08. The van der Waals surface area contributed by atoms with E-state index in [9.17, 15) is 9.59 Å². The van der Waals surface area contributed by atoms with Crippen LogP contribution < -0.4 is 10.6 Å². The molecule has 1 aliphatic rings. The van der Waals surface area contributed by atoms with Crippen molar-refractivity contribution in [1.29, 1.82) is 0 Å². The number of rotatable bonds is 4. The largest absolute Gasteiger partial charge is 0.352 e. The SMILES string of the molecule is CC(C)(C)CC(=O)NCC(=O)NC1CC1. The summed E-state index contributed by atoms with van der Waals surface area (Å²) in [5, 5.41) is 5.44. The third kappa shape index (κ3) is 6.10. The number of amides is 2. The highest BCUT2D eigenvalue weighted by Crippen LogP contribution is 2.18. The first-order chi connectivity index (χ1) is 6.87. The summed E-state index contributed by atoms with van der Waals surface area (Å²) in [6.07, 6.45) is 2.59. The smallest absolute Gasteiger partial charge is 0.239 e. The van der Waals surface area contributed by atoms with E-state index in [0.717, 1.165) is 12.8 Å². The Morgan fingerprint density at radius 2 is 1.80 bits per heavy atom. The summed E-state index contributed by atoms with van der Waals surface area (Å²) in [5.74, 6) is -0.145. The zero-order valence-corrected chi connectivity index (χ0v) is 9.72. The van der Waals surface area contributed by atoms with Gasteiger partial charge >= 0.3 is 0 Å². The fourth-order valence-corrected chi connectivity index (χ4v) is 1.23. The molecule has 0 radical (unpaired) electrons. The molecule has 2 N–H and O–H groups in total. The van der Waals surface area contributed by atoms with Crippen LogP contribution in [0.5, 0.6) is 0 Å². The Morgan fingerprint density at radius 1 is 1.20 bits per heavy atom. The molecule has 15 heavy (non-hydrogen) atoms. The molecule has 1 fully saturated rings. The fourth-order valence-electron chi connectivity index (χ4n) is 1.23. The van der Waals surface area contributed by atoms with Gasteiger partial charge in [-0.15, -0.1) is 0 Å². The Morgan fingerprint density at radius 3 is 2.27 bits per heavy atom. The normalized spacial score (nSPS) is 15.9. The molecule has 0 aliphatic heterocycles. The van der Waals surface area contributed by atoms with Gasteiger partial charge in [0, 0.05) is 12.5 Å². The van der Waals surface area contributed by atoms with Crippen molar-refractivity contribution < 1.29 is 9.59 Å². The lowest BCUT2D eigenvalue weighted by molar-refractivity contribution is -0.127. The molecule has 2 amide bonds. The lowest BCUT2D eigenvalue weighted by Gasteiger charge is -2.17. The highest BCUT2D eigenvalue weighted by molar-refractivity contribution is 5.85. The summed E-state index contributed by atoms with van der Waals surface area (Å²) in [7, 11) is 0. The second-order valence-electron chi connectivity index (χ2n) is 5.36. The van der Waals surface area contributed by atoms with Crippen molar-refractivity contribution in [3.8, 4) is 0 Å². The van der Waals surface area contributed by atoms with Crippen LogP contribution in [0, 0.1) is 5.41 Å². The van der Waals surface area contributed by atoms with Gasteiger partial charge in [-0.3, -0.25) is 9.59 Å². The van der Waals surface area contributed by atoms with Crippen molar-refractivity contribution in [3.63, 3.8) is 0 Å². The highest BCUT2D eigenvalue weighted by Gasteiger charge is 2.23. The van der Waals surface area contributed by atoms with Crippen molar-refractivity contribution in [3.05, 3.63) is 0 Å². The average molecular weight is 212 g/mol. The Balaban J connectivity index is 2.12. The van der Waals surface area contributed by atoms with E-state index >= 15 is 0 Å². The van der Waals surface area contributed by atoms with Gasteiger partial charge in [-0.2, -0.15) is 0 Å². The molecule has 0 saturated heterocycles. The van der Waals surface area contributed by atoms with Crippen LogP contribution in [0.3, 0.4) is 0 Å². The third-order valence-corrected chi connectivity index (χ3v) is 2.08. The molecule has 1 aliphatic carbocycles. The molecule has 4 heteroatoms. The summed E-state index contributed by atoms with van der Waals surface area (Å²) in [6, 6.07) is 0.358. The van der Waals surface area contributed by atoms with Crippen LogP contribution in [0.1, 0.15) is 40.0 Å². The Bertz CT molecular complexity index is 252. The maximum atomic E-state index is 11.4. The second-order valence-corrected chi connectivity index (χ2v) is 5.36. The minimum Gasteiger partial charge on any atom is -0.352 e. The van der Waals surface area contributed by atoms with Crippen molar-refractivity contribution in [2.45, 2.75) is 46.1 Å². The summed E-state index contributed by atoms with van der Waals surface area (Å²) >= 11 is 0. The molecule has 0 unspecified atom stereocenters. The quantitative estimate of drug-likeness (QED) is 0.724. The van der Waals surface area contributed by atoms with E-state index in [0.29, 0.717) is 12.5 Å². The first-order valence-corrected chi connectivity index (χ1v) is 5.43. The van der Waals surface area contributed by atoms with Crippen LogP contribution in [0.25, 0.3) is 0 Å². The van der Waals surface area contributed by atoms with Gasteiger partial charge in [-0.1, -0.05) is 20.8 Å². The van der Waals surface area contributed by atoms with Crippen LogP contribution in [0.15, 0.2) is 0 Å². The zero-order chi connectivity index (χ0) is 11.5. The highest BCUT2D eigenvalue weighted by atomic mass is 16.2. The van der Waals surface area contributed by atoms with E-state index in [4.69, 9.17) is 0 Å². The minimum atomic E-state index is -0.0836. The average Bonchev–Trinajstić information content (AvgIpc) is 2.81. The van der Waals surface area contributed by atoms with Gasteiger partial charge < -0.3 is 10.6 Å². The Labute approximate surface area is 90.8 Å². The van der Waals surface area contributed by atoms with Crippen molar-refractivity contribution in [2.75, 3.05) is 6.54 Å². The van der Waals surface area contributed by atoms with Crippen LogP contribution >= 0.6 is 0 Å². The number of carbonyl (C=O) groups is 2. The van der Waals surface area contributed by atoms with Crippen molar-refractivity contribution in [1.82, 2.24) is 10.6 Å². The van der Waals surface area contributed by atoms with E-state index in [1.165, 1.54) is 0 Å². The van der Waals surface area contributed by atoms with Gasteiger partial charge in [0.2, 0.25) is 11.8 Å². The van der Waals surface area contributed by atoms with E-state index < -0.39 is 0 Å². The number of hydrogen-bond donors (Lipinski definition) is 2. The van der Waals surface area contributed by atoms with E-state index in [-0.39, 0.29) is 23.8 Å². The molecular weight excluding hydrogens is 192 g/mol. The maximum Gasteiger partial charge on any atom is 0.239 e. The molecule has 0 spiro atoms. The molecule has 0 aromatic rings. The maximum absolute atomic E-state index is 11.4. The predicted octanol–water partition coefficient (Wildman–Crippen LogP) is 0.817. The zero-order valence-electron chi connectivity index (χ0n) is 9.72. The van der Waals surface area contributed by atoms with Gasteiger partial charge in [0.05, 0.1) is 6.54 Å². The molecule has 1 saturated carbocycles. The Kier molecular flexibility index (Phi) is 3.72. The first kappa shape index (κ1) is 12.0. The molecule has 0 bridgehead atoms. The monoisotopic (exact) mass is 212 g/mol. The fraction of sp³-hybridized carbons (Fsp3) is 0.818. The van der Waals surface area contributed by atoms with E-state index in [1.807, 2.05) is 20.8 Å². The minimum absolute atomic E-state index is 0.0307. The topological polar surface area (TPSA) is 58.2 Å². The van der Waals surface area contributed by atoms with Gasteiger partial charge in [0.25, 0.3) is 0 Å². The van der Waals surface area contributed by atoms with Crippen LogP contribution in [-0.2, 0) is 9.59 Å².